The molecule has 3 heteroatoms. The molecule has 0 aromatic carbocycles. The minimum atomic E-state index is -0.660. The van der Waals surface area contributed by atoms with Crippen LogP contribution in [0.2, 0.25) is 0 Å². The number of fused-ring (bicyclic) bond motifs is 1. The monoisotopic (exact) mass is 225 g/mol. The van der Waals surface area contributed by atoms with Crippen LogP contribution < -0.4 is 0 Å². The molecule has 2 aliphatic rings. The van der Waals surface area contributed by atoms with E-state index in [0.717, 1.165) is 12.5 Å². The van der Waals surface area contributed by atoms with E-state index in [1.54, 1.807) is 0 Å². The largest absolute Gasteiger partial charge is 0.481 e. The Morgan fingerprint density at radius 1 is 1.25 bits per heavy atom. The molecule has 0 amide bonds. The minimum Gasteiger partial charge on any atom is -0.481 e. The lowest BCUT2D eigenvalue weighted by molar-refractivity contribution is -0.143. The average Bonchev–Trinajstić information content (AvgIpc) is 2.70. The number of rotatable bonds is 3. The van der Waals surface area contributed by atoms with Crippen LogP contribution in [0.15, 0.2) is 0 Å². The Hall–Kier alpha value is -0.570. The summed E-state index contributed by atoms with van der Waals surface area (Å²) in [6.07, 6.45) is 6.61. The Morgan fingerprint density at radius 2 is 1.94 bits per heavy atom. The van der Waals surface area contributed by atoms with Gasteiger partial charge in [0.05, 0.1) is 5.92 Å². The van der Waals surface area contributed by atoms with E-state index in [9.17, 15) is 4.79 Å². The lowest BCUT2D eigenvalue weighted by Gasteiger charge is -2.37. The summed E-state index contributed by atoms with van der Waals surface area (Å²) in [5.74, 6) is -0.0652. The second kappa shape index (κ2) is 4.74. The summed E-state index contributed by atoms with van der Waals surface area (Å²) in [5.41, 5.74) is 0. The fourth-order valence-electron chi connectivity index (χ4n) is 3.44. The van der Waals surface area contributed by atoms with Crippen molar-refractivity contribution in [1.29, 1.82) is 0 Å². The topological polar surface area (TPSA) is 40.5 Å². The number of carboxylic acid groups (broad SMARTS) is 1. The molecule has 1 aliphatic heterocycles. The van der Waals surface area contributed by atoms with Crippen LogP contribution >= 0.6 is 0 Å². The first-order valence-electron chi connectivity index (χ1n) is 6.60. The maximum atomic E-state index is 11.0. The van der Waals surface area contributed by atoms with E-state index in [2.05, 4.69) is 11.8 Å². The van der Waals surface area contributed by atoms with Gasteiger partial charge in [-0.2, -0.15) is 0 Å². The van der Waals surface area contributed by atoms with Gasteiger partial charge in [-0.25, -0.2) is 0 Å². The first-order valence-corrected chi connectivity index (χ1v) is 6.60. The van der Waals surface area contributed by atoms with E-state index < -0.39 is 5.97 Å². The number of hydrogen-bond acceptors (Lipinski definition) is 2. The van der Waals surface area contributed by atoms with Crippen LogP contribution in [0.4, 0.5) is 0 Å². The zero-order valence-electron chi connectivity index (χ0n) is 10.4. The summed E-state index contributed by atoms with van der Waals surface area (Å²) < 4.78 is 0. The molecule has 0 aromatic rings. The molecule has 3 nitrogen and oxygen atoms in total. The van der Waals surface area contributed by atoms with Crippen molar-refractivity contribution in [3.05, 3.63) is 0 Å². The molecule has 0 aromatic heterocycles. The van der Waals surface area contributed by atoms with Gasteiger partial charge in [0.2, 0.25) is 0 Å². The van der Waals surface area contributed by atoms with Crippen LogP contribution in [0.25, 0.3) is 0 Å². The van der Waals surface area contributed by atoms with E-state index in [1.807, 2.05) is 6.92 Å². The Kier molecular flexibility index (Phi) is 3.53. The van der Waals surface area contributed by atoms with Crippen molar-refractivity contribution < 1.29 is 9.90 Å². The van der Waals surface area contributed by atoms with Gasteiger partial charge in [0.25, 0.3) is 0 Å². The predicted molar refractivity (Wildman–Crippen MR) is 63.3 cm³/mol. The molecule has 0 radical (unpaired) electrons. The molecular weight excluding hydrogens is 202 g/mol. The van der Waals surface area contributed by atoms with Crippen LogP contribution in [0.3, 0.4) is 0 Å². The van der Waals surface area contributed by atoms with Crippen molar-refractivity contribution in [2.24, 2.45) is 11.8 Å². The zero-order valence-corrected chi connectivity index (χ0v) is 10.4. The van der Waals surface area contributed by atoms with Gasteiger partial charge in [-0.15, -0.1) is 0 Å². The third-order valence-electron chi connectivity index (χ3n) is 4.69. The molecule has 1 N–H and O–H groups in total. The normalized spacial score (nSPS) is 34.4. The van der Waals surface area contributed by atoms with Crippen molar-refractivity contribution >= 4 is 5.97 Å². The van der Waals surface area contributed by atoms with Crippen LogP contribution in [-0.2, 0) is 4.79 Å². The summed E-state index contributed by atoms with van der Waals surface area (Å²) in [7, 11) is 0. The Bertz CT molecular complexity index is 267. The molecule has 1 heterocycles. The average molecular weight is 225 g/mol. The van der Waals surface area contributed by atoms with E-state index in [-0.39, 0.29) is 12.0 Å². The minimum absolute atomic E-state index is 0.186. The Morgan fingerprint density at radius 3 is 2.62 bits per heavy atom. The van der Waals surface area contributed by atoms with Crippen molar-refractivity contribution in [1.82, 2.24) is 4.90 Å². The van der Waals surface area contributed by atoms with Gasteiger partial charge < -0.3 is 5.11 Å². The summed E-state index contributed by atoms with van der Waals surface area (Å²) in [6, 6.07) is 0.858. The highest BCUT2D eigenvalue weighted by atomic mass is 16.4. The van der Waals surface area contributed by atoms with Crippen molar-refractivity contribution in [2.75, 3.05) is 6.54 Å². The Labute approximate surface area is 97.8 Å². The molecule has 4 unspecified atom stereocenters. The summed E-state index contributed by atoms with van der Waals surface area (Å²) in [6.45, 7) is 5.02. The molecule has 4 atom stereocenters. The van der Waals surface area contributed by atoms with Gasteiger partial charge in [0.1, 0.15) is 0 Å². The van der Waals surface area contributed by atoms with E-state index in [4.69, 9.17) is 5.11 Å². The third-order valence-corrected chi connectivity index (χ3v) is 4.69. The molecule has 0 spiro atoms. The van der Waals surface area contributed by atoms with Gasteiger partial charge in [0, 0.05) is 12.1 Å². The molecule has 92 valence electrons. The number of carbonyl (C=O) groups is 1. The standard InChI is InChI=1S/C13H23NO2/c1-9(13(15)16)10(2)14-8-7-11-5-3-4-6-12(11)14/h9-12H,3-8H2,1-2H3,(H,15,16). The molecular formula is C13H23NO2. The van der Waals surface area contributed by atoms with Crippen molar-refractivity contribution in [3.8, 4) is 0 Å². The predicted octanol–water partition coefficient (Wildman–Crippen LogP) is 2.36. The number of hydrogen-bond donors (Lipinski definition) is 1. The quantitative estimate of drug-likeness (QED) is 0.801. The van der Waals surface area contributed by atoms with Crippen molar-refractivity contribution in [3.63, 3.8) is 0 Å². The van der Waals surface area contributed by atoms with Gasteiger partial charge in [0.15, 0.2) is 0 Å². The second-order valence-electron chi connectivity index (χ2n) is 5.51. The maximum absolute atomic E-state index is 11.0. The molecule has 1 saturated heterocycles. The van der Waals surface area contributed by atoms with Crippen LogP contribution in [0, 0.1) is 11.8 Å². The number of aliphatic carboxylic acids is 1. The number of nitrogens with zero attached hydrogens (tertiary/aromatic N) is 1. The van der Waals surface area contributed by atoms with Gasteiger partial charge in [-0.3, -0.25) is 9.69 Å². The highest BCUT2D eigenvalue weighted by Gasteiger charge is 2.39. The third kappa shape index (κ3) is 2.10. The van der Waals surface area contributed by atoms with Gasteiger partial charge >= 0.3 is 5.97 Å². The van der Waals surface area contributed by atoms with Crippen LogP contribution in [0.1, 0.15) is 46.0 Å². The highest BCUT2D eigenvalue weighted by Crippen LogP contribution is 2.38. The lowest BCUT2D eigenvalue weighted by atomic mass is 9.84. The number of carboxylic acids is 1. The summed E-state index contributed by atoms with van der Waals surface area (Å²) >= 11 is 0. The SMILES string of the molecule is CC(C(=O)O)C(C)N1CCC2CCCCC21. The fraction of sp³-hybridized carbons (Fsp3) is 0.923. The zero-order chi connectivity index (χ0) is 11.7. The number of likely N-dealkylation sites (tertiary alicyclic amines) is 1. The first-order chi connectivity index (χ1) is 7.61. The molecule has 1 saturated carbocycles. The van der Waals surface area contributed by atoms with Crippen LogP contribution in [-0.4, -0.2) is 34.6 Å². The summed E-state index contributed by atoms with van der Waals surface area (Å²) in [5, 5.41) is 9.08. The van der Waals surface area contributed by atoms with Crippen LogP contribution in [0.5, 0.6) is 0 Å². The molecule has 2 rings (SSSR count). The van der Waals surface area contributed by atoms with Gasteiger partial charge in [-0.1, -0.05) is 19.8 Å². The first kappa shape index (κ1) is 11.9. The fourth-order valence-corrected chi connectivity index (χ4v) is 3.44. The molecule has 1 aliphatic carbocycles. The van der Waals surface area contributed by atoms with E-state index in [1.165, 1.54) is 32.1 Å². The summed E-state index contributed by atoms with van der Waals surface area (Å²) in [4.78, 5) is 13.5. The molecule has 0 bridgehead atoms. The second-order valence-corrected chi connectivity index (χ2v) is 5.51. The smallest absolute Gasteiger partial charge is 0.307 e. The van der Waals surface area contributed by atoms with E-state index >= 15 is 0 Å². The van der Waals surface area contributed by atoms with Crippen molar-refractivity contribution in [2.45, 2.75) is 58.0 Å². The highest BCUT2D eigenvalue weighted by molar-refractivity contribution is 5.70. The van der Waals surface area contributed by atoms with Gasteiger partial charge in [-0.05, 0) is 38.6 Å². The molecule has 2 fully saturated rings. The lowest BCUT2D eigenvalue weighted by Crippen LogP contribution is -2.45. The molecule has 16 heavy (non-hydrogen) atoms. The maximum Gasteiger partial charge on any atom is 0.307 e. The Balaban J connectivity index is 2.01. The van der Waals surface area contributed by atoms with E-state index in [0.29, 0.717) is 6.04 Å².